The van der Waals surface area contributed by atoms with Gasteiger partial charge in [-0.15, -0.1) is 0 Å². The lowest BCUT2D eigenvalue weighted by Gasteiger charge is -2.27. The fourth-order valence-electron chi connectivity index (χ4n) is 3.33. The lowest BCUT2D eigenvalue weighted by atomic mass is 9.94. The third-order valence-electron chi connectivity index (χ3n) is 4.53. The van der Waals surface area contributed by atoms with Crippen molar-refractivity contribution in [2.75, 3.05) is 32.7 Å². The summed E-state index contributed by atoms with van der Waals surface area (Å²) < 4.78 is 0. The average molecular weight is 267 g/mol. The van der Waals surface area contributed by atoms with E-state index in [0.29, 0.717) is 25.6 Å². The van der Waals surface area contributed by atoms with E-state index < -0.39 is 0 Å². The molecule has 1 aliphatic carbocycles. The zero-order chi connectivity index (χ0) is 13.8. The van der Waals surface area contributed by atoms with Crippen LogP contribution < -0.4 is 5.73 Å². The Kier molecular flexibility index (Phi) is 4.80. The normalized spacial score (nSPS) is 28.3. The van der Waals surface area contributed by atoms with Gasteiger partial charge in [0.05, 0.1) is 0 Å². The van der Waals surface area contributed by atoms with Gasteiger partial charge in [0.2, 0.25) is 11.8 Å². The molecule has 0 spiro atoms. The van der Waals surface area contributed by atoms with Crippen LogP contribution >= 0.6 is 0 Å². The number of nitrogens with two attached hydrogens (primary N) is 1. The zero-order valence-corrected chi connectivity index (χ0v) is 11.8. The molecule has 1 heterocycles. The maximum absolute atomic E-state index is 12.6. The highest BCUT2D eigenvalue weighted by Gasteiger charge is 2.35. The molecule has 2 N–H and O–H groups in total. The Labute approximate surface area is 115 Å². The van der Waals surface area contributed by atoms with Crippen molar-refractivity contribution < 1.29 is 9.59 Å². The number of carbonyl (C=O) groups is 2. The summed E-state index contributed by atoms with van der Waals surface area (Å²) in [5.41, 5.74) is 5.76. The summed E-state index contributed by atoms with van der Waals surface area (Å²) in [6, 6.07) is 0. The molecule has 5 nitrogen and oxygen atoms in total. The van der Waals surface area contributed by atoms with Crippen molar-refractivity contribution in [1.82, 2.24) is 9.80 Å². The van der Waals surface area contributed by atoms with Gasteiger partial charge in [-0.3, -0.25) is 9.59 Å². The van der Waals surface area contributed by atoms with E-state index in [2.05, 4.69) is 0 Å². The summed E-state index contributed by atoms with van der Waals surface area (Å²) in [6.45, 7) is 5.09. The Morgan fingerprint density at radius 3 is 2.42 bits per heavy atom. The van der Waals surface area contributed by atoms with Gasteiger partial charge in [0.1, 0.15) is 0 Å². The molecule has 108 valence electrons. The van der Waals surface area contributed by atoms with Crippen LogP contribution in [0.15, 0.2) is 0 Å². The summed E-state index contributed by atoms with van der Waals surface area (Å²) >= 11 is 0. The van der Waals surface area contributed by atoms with Crippen molar-refractivity contribution in [3.63, 3.8) is 0 Å². The molecule has 0 bridgehead atoms. The Morgan fingerprint density at radius 2 is 1.74 bits per heavy atom. The highest BCUT2D eigenvalue weighted by molar-refractivity contribution is 5.80. The van der Waals surface area contributed by atoms with Gasteiger partial charge in [0, 0.05) is 39.0 Å². The van der Waals surface area contributed by atoms with Crippen LogP contribution in [0.4, 0.5) is 0 Å². The van der Waals surface area contributed by atoms with E-state index in [9.17, 15) is 9.59 Å². The monoisotopic (exact) mass is 267 g/mol. The molecule has 2 amide bonds. The highest BCUT2D eigenvalue weighted by atomic mass is 16.2. The van der Waals surface area contributed by atoms with Gasteiger partial charge in [0.25, 0.3) is 0 Å². The van der Waals surface area contributed by atoms with Gasteiger partial charge < -0.3 is 15.5 Å². The minimum atomic E-state index is 0.106. The highest BCUT2D eigenvalue weighted by Crippen LogP contribution is 2.32. The van der Waals surface area contributed by atoms with Crippen molar-refractivity contribution in [3.05, 3.63) is 0 Å². The quantitative estimate of drug-likeness (QED) is 0.789. The first kappa shape index (κ1) is 14.3. The molecular weight excluding hydrogens is 242 g/mol. The lowest BCUT2D eigenvalue weighted by molar-refractivity contribution is -0.137. The van der Waals surface area contributed by atoms with E-state index in [1.807, 2.05) is 9.80 Å². The van der Waals surface area contributed by atoms with Crippen molar-refractivity contribution in [2.45, 2.75) is 32.6 Å². The molecule has 2 atom stereocenters. The molecule has 2 rings (SSSR count). The number of hydrogen-bond donors (Lipinski definition) is 1. The van der Waals surface area contributed by atoms with E-state index >= 15 is 0 Å². The summed E-state index contributed by atoms with van der Waals surface area (Å²) in [4.78, 5) is 27.7. The van der Waals surface area contributed by atoms with Gasteiger partial charge in [-0.05, 0) is 31.7 Å². The molecule has 1 saturated carbocycles. The second-order valence-electron chi connectivity index (χ2n) is 5.72. The minimum absolute atomic E-state index is 0.106. The summed E-state index contributed by atoms with van der Waals surface area (Å²) in [5.74, 6) is 0.849. The van der Waals surface area contributed by atoms with Crippen molar-refractivity contribution in [2.24, 2.45) is 17.6 Å². The fourth-order valence-corrected chi connectivity index (χ4v) is 3.33. The number of amides is 2. The number of rotatable bonds is 2. The minimum Gasteiger partial charge on any atom is -0.341 e. The van der Waals surface area contributed by atoms with Crippen molar-refractivity contribution in [1.29, 1.82) is 0 Å². The molecule has 2 unspecified atom stereocenters. The first-order chi connectivity index (χ1) is 9.13. The number of carbonyl (C=O) groups excluding carboxylic acids is 2. The largest absolute Gasteiger partial charge is 0.341 e. The second-order valence-corrected chi connectivity index (χ2v) is 5.72. The van der Waals surface area contributed by atoms with Crippen LogP contribution in [0, 0.1) is 11.8 Å². The van der Waals surface area contributed by atoms with Gasteiger partial charge in [-0.1, -0.05) is 6.42 Å². The third kappa shape index (κ3) is 3.26. The second kappa shape index (κ2) is 6.37. The molecule has 1 aliphatic heterocycles. The van der Waals surface area contributed by atoms with Gasteiger partial charge in [-0.2, -0.15) is 0 Å². The average Bonchev–Trinajstić information content (AvgIpc) is 2.73. The van der Waals surface area contributed by atoms with Crippen LogP contribution in [-0.4, -0.2) is 54.3 Å². The molecule has 1 saturated heterocycles. The fraction of sp³-hybridized carbons (Fsp3) is 0.857. The van der Waals surface area contributed by atoms with E-state index in [4.69, 9.17) is 5.73 Å². The summed E-state index contributed by atoms with van der Waals surface area (Å²) in [6.07, 6.45) is 4.06. The first-order valence-corrected chi connectivity index (χ1v) is 7.38. The van der Waals surface area contributed by atoms with Crippen LogP contribution in [0.2, 0.25) is 0 Å². The van der Waals surface area contributed by atoms with E-state index in [-0.39, 0.29) is 17.7 Å². The molecule has 0 aromatic rings. The molecule has 0 radical (unpaired) electrons. The first-order valence-electron chi connectivity index (χ1n) is 7.38. The summed E-state index contributed by atoms with van der Waals surface area (Å²) in [5, 5.41) is 0. The van der Waals surface area contributed by atoms with Gasteiger partial charge in [0.15, 0.2) is 0 Å². The van der Waals surface area contributed by atoms with Gasteiger partial charge in [-0.25, -0.2) is 0 Å². The Bertz CT molecular complexity index is 346. The molecule has 0 aromatic heterocycles. The SMILES string of the molecule is CC(=O)N1CCCN(C(=O)C2CCCC2CN)CC1. The topological polar surface area (TPSA) is 66.6 Å². The van der Waals surface area contributed by atoms with Crippen LogP contribution in [0.25, 0.3) is 0 Å². The van der Waals surface area contributed by atoms with Crippen LogP contribution in [0.1, 0.15) is 32.6 Å². The van der Waals surface area contributed by atoms with Crippen molar-refractivity contribution >= 4 is 11.8 Å². The predicted octanol–water partition coefficient (Wildman–Crippen LogP) is 0.442. The summed E-state index contributed by atoms with van der Waals surface area (Å²) in [7, 11) is 0. The molecule has 19 heavy (non-hydrogen) atoms. The maximum Gasteiger partial charge on any atom is 0.226 e. The molecule has 2 aliphatic rings. The van der Waals surface area contributed by atoms with Crippen LogP contribution in [-0.2, 0) is 9.59 Å². The molecule has 0 aromatic carbocycles. The maximum atomic E-state index is 12.6. The number of nitrogens with zero attached hydrogens (tertiary/aromatic N) is 2. The van der Waals surface area contributed by atoms with E-state index in [0.717, 1.165) is 38.8 Å². The molecule has 5 heteroatoms. The lowest BCUT2D eigenvalue weighted by Crippen LogP contribution is -2.41. The molecular formula is C14H25N3O2. The van der Waals surface area contributed by atoms with Gasteiger partial charge >= 0.3 is 0 Å². The van der Waals surface area contributed by atoms with E-state index in [1.54, 1.807) is 6.92 Å². The van der Waals surface area contributed by atoms with Crippen molar-refractivity contribution in [3.8, 4) is 0 Å². The Balaban J connectivity index is 1.94. The smallest absolute Gasteiger partial charge is 0.226 e. The third-order valence-corrected chi connectivity index (χ3v) is 4.53. The molecule has 2 fully saturated rings. The van der Waals surface area contributed by atoms with Crippen LogP contribution in [0.5, 0.6) is 0 Å². The van der Waals surface area contributed by atoms with Crippen LogP contribution in [0.3, 0.4) is 0 Å². The zero-order valence-electron chi connectivity index (χ0n) is 11.8. The Morgan fingerprint density at radius 1 is 1.05 bits per heavy atom. The number of hydrogen-bond acceptors (Lipinski definition) is 3. The Hall–Kier alpha value is -1.10. The standard InChI is InChI=1S/C14H25N3O2/c1-11(18)16-6-3-7-17(9-8-16)14(19)13-5-2-4-12(13)10-15/h12-13H,2-10,15H2,1H3. The van der Waals surface area contributed by atoms with E-state index in [1.165, 1.54) is 0 Å². The predicted molar refractivity (Wildman–Crippen MR) is 73.3 cm³/mol.